The van der Waals surface area contributed by atoms with Crippen molar-refractivity contribution in [2.24, 2.45) is 0 Å². The summed E-state index contributed by atoms with van der Waals surface area (Å²) in [5.41, 5.74) is 1.25. The highest BCUT2D eigenvalue weighted by atomic mass is 32.1. The number of carbonyl (C=O) groups excluding carboxylic acids is 2. The third kappa shape index (κ3) is 4.67. The average Bonchev–Trinajstić information content (AvgIpc) is 3.26. The quantitative estimate of drug-likeness (QED) is 0.650. The molecule has 0 atom stereocenters. The van der Waals surface area contributed by atoms with Crippen molar-refractivity contribution in [3.8, 4) is 0 Å². The molecule has 128 valence electrons. The number of nitrogens with zero attached hydrogens (tertiary/aromatic N) is 1. The SMILES string of the molecule is Cc1ncc(C(=O)Nc2ccc(NC(=O)NCc3ccco3)cc2)s1. The molecule has 8 heteroatoms. The van der Waals surface area contributed by atoms with Crippen LogP contribution in [0.15, 0.2) is 53.3 Å². The van der Waals surface area contributed by atoms with Crippen LogP contribution in [0.1, 0.15) is 20.4 Å². The first kappa shape index (κ1) is 16.7. The molecular formula is C17H16N4O3S. The third-order valence-corrected chi connectivity index (χ3v) is 4.16. The number of benzene rings is 1. The number of amides is 3. The molecule has 0 spiro atoms. The van der Waals surface area contributed by atoms with Crippen LogP contribution >= 0.6 is 11.3 Å². The predicted octanol–water partition coefficient (Wildman–Crippen LogP) is 3.62. The second-order valence-corrected chi connectivity index (χ2v) is 6.40. The summed E-state index contributed by atoms with van der Waals surface area (Å²) >= 11 is 1.33. The summed E-state index contributed by atoms with van der Waals surface area (Å²) in [6.45, 7) is 2.15. The summed E-state index contributed by atoms with van der Waals surface area (Å²) in [5.74, 6) is 0.467. The summed E-state index contributed by atoms with van der Waals surface area (Å²) in [4.78, 5) is 28.5. The van der Waals surface area contributed by atoms with E-state index in [1.165, 1.54) is 11.3 Å². The van der Waals surface area contributed by atoms with Gasteiger partial charge >= 0.3 is 6.03 Å². The van der Waals surface area contributed by atoms with E-state index < -0.39 is 0 Å². The van der Waals surface area contributed by atoms with Crippen LogP contribution in [0.3, 0.4) is 0 Å². The highest BCUT2D eigenvalue weighted by molar-refractivity contribution is 7.13. The van der Waals surface area contributed by atoms with Gasteiger partial charge in [0, 0.05) is 11.4 Å². The minimum absolute atomic E-state index is 0.206. The third-order valence-electron chi connectivity index (χ3n) is 3.25. The lowest BCUT2D eigenvalue weighted by Crippen LogP contribution is -2.27. The fourth-order valence-corrected chi connectivity index (χ4v) is 2.72. The van der Waals surface area contributed by atoms with E-state index in [1.807, 2.05) is 6.92 Å². The average molecular weight is 356 g/mol. The molecule has 2 aromatic heterocycles. The fraction of sp³-hybridized carbons (Fsp3) is 0.118. The monoisotopic (exact) mass is 356 g/mol. The molecule has 0 saturated carbocycles. The van der Waals surface area contributed by atoms with Gasteiger partial charge in [-0.1, -0.05) is 0 Å². The first-order valence-corrected chi connectivity index (χ1v) is 8.33. The van der Waals surface area contributed by atoms with Crippen LogP contribution in [0, 0.1) is 6.92 Å². The van der Waals surface area contributed by atoms with Crippen molar-refractivity contribution in [1.82, 2.24) is 10.3 Å². The van der Waals surface area contributed by atoms with Crippen LogP contribution in [0.25, 0.3) is 0 Å². The van der Waals surface area contributed by atoms with Crippen LogP contribution in [-0.2, 0) is 6.54 Å². The number of urea groups is 1. The molecule has 2 heterocycles. The molecular weight excluding hydrogens is 340 g/mol. The van der Waals surface area contributed by atoms with Gasteiger partial charge in [0.2, 0.25) is 0 Å². The van der Waals surface area contributed by atoms with Gasteiger partial charge in [0.1, 0.15) is 10.6 Å². The molecule has 3 N–H and O–H groups in total. The number of furan rings is 1. The molecule has 3 aromatic rings. The largest absolute Gasteiger partial charge is 0.467 e. The van der Waals surface area contributed by atoms with Crippen molar-refractivity contribution in [3.05, 3.63) is 64.5 Å². The Morgan fingerprint density at radius 3 is 2.44 bits per heavy atom. The Hall–Kier alpha value is -3.13. The number of aromatic nitrogens is 1. The number of hydrogen-bond donors (Lipinski definition) is 3. The van der Waals surface area contributed by atoms with Crippen LogP contribution in [0.2, 0.25) is 0 Å². The van der Waals surface area contributed by atoms with E-state index in [-0.39, 0.29) is 11.9 Å². The Labute approximate surface area is 148 Å². The maximum absolute atomic E-state index is 12.1. The highest BCUT2D eigenvalue weighted by Gasteiger charge is 2.09. The van der Waals surface area contributed by atoms with E-state index in [0.29, 0.717) is 28.6 Å². The van der Waals surface area contributed by atoms with Crippen molar-refractivity contribution < 1.29 is 14.0 Å². The fourth-order valence-electron chi connectivity index (χ4n) is 2.05. The van der Waals surface area contributed by atoms with Crippen molar-refractivity contribution in [3.63, 3.8) is 0 Å². The Morgan fingerprint density at radius 2 is 1.84 bits per heavy atom. The molecule has 7 nitrogen and oxygen atoms in total. The molecule has 0 aliphatic heterocycles. The van der Waals surface area contributed by atoms with E-state index in [0.717, 1.165) is 5.01 Å². The summed E-state index contributed by atoms with van der Waals surface area (Å²) in [6, 6.07) is 10.0. The van der Waals surface area contributed by atoms with Gasteiger partial charge in [-0.15, -0.1) is 11.3 Å². The number of nitrogens with one attached hydrogen (secondary N) is 3. The lowest BCUT2D eigenvalue weighted by atomic mass is 10.2. The van der Waals surface area contributed by atoms with Gasteiger partial charge in [-0.3, -0.25) is 4.79 Å². The lowest BCUT2D eigenvalue weighted by molar-refractivity contribution is 0.103. The van der Waals surface area contributed by atoms with Crippen molar-refractivity contribution in [2.45, 2.75) is 13.5 Å². The van der Waals surface area contributed by atoms with Gasteiger partial charge in [-0.25, -0.2) is 9.78 Å². The molecule has 0 radical (unpaired) electrons. The number of carbonyl (C=O) groups is 2. The highest BCUT2D eigenvalue weighted by Crippen LogP contribution is 2.17. The molecule has 0 unspecified atom stereocenters. The van der Waals surface area contributed by atoms with Gasteiger partial charge < -0.3 is 20.4 Å². The minimum atomic E-state index is -0.340. The summed E-state index contributed by atoms with van der Waals surface area (Å²) < 4.78 is 5.14. The van der Waals surface area contributed by atoms with E-state index in [1.54, 1.807) is 48.9 Å². The summed E-state index contributed by atoms with van der Waals surface area (Å²) in [7, 11) is 0. The van der Waals surface area contributed by atoms with Crippen LogP contribution in [-0.4, -0.2) is 16.9 Å². The second-order valence-electron chi connectivity index (χ2n) is 5.16. The number of rotatable bonds is 5. The zero-order valence-corrected chi connectivity index (χ0v) is 14.2. The van der Waals surface area contributed by atoms with E-state index in [4.69, 9.17) is 4.42 Å². The van der Waals surface area contributed by atoms with E-state index in [2.05, 4.69) is 20.9 Å². The first-order valence-electron chi connectivity index (χ1n) is 7.51. The number of aryl methyl sites for hydroxylation is 1. The molecule has 1 aromatic carbocycles. The number of anilines is 2. The molecule has 0 aliphatic rings. The molecule has 0 aliphatic carbocycles. The van der Waals surface area contributed by atoms with Crippen LogP contribution in [0.5, 0.6) is 0 Å². The zero-order valence-electron chi connectivity index (χ0n) is 13.4. The van der Waals surface area contributed by atoms with Gasteiger partial charge in [0.25, 0.3) is 5.91 Å². The molecule has 3 rings (SSSR count). The van der Waals surface area contributed by atoms with Gasteiger partial charge in [0.05, 0.1) is 24.0 Å². The Balaban J connectivity index is 1.51. The molecule has 25 heavy (non-hydrogen) atoms. The lowest BCUT2D eigenvalue weighted by Gasteiger charge is -2.08. The summed E-state index contributed by atoms with van der Waals surface area (Å²) in [6.07, 6.45) is 3.10. The Bertz CT molecular complexity index is 856. The van der Waals surface area contributed by atoms with Gasteiger partial charge in [-0.2, -0.15) is 0 Å². The maximum Gasteiger partial charge on any atom is 0.319 e. The second kappa shape index (κ2) is 7.63. The van der Waals surface area contributed by atoms with E-state index in [9.17, 15) is 9.59 Å². The Morgan fingerprint density at radius 1 is 1.12 bits per heavy atom. The van der Waals surface area contributed by atoms with Crippen molar-refractivity contribution >= 4 is 34.6 Å². The van der Waals surface area contributed by atoms with Crippen molar-refractivity contribution in [1.29, 1.82) is 0 Å². The first-order chi connectivity index (χ1) is 12.1. The molecule has 0 fully saturated rings. The van der Waals surface area contributed by atoms with Gasteiger partial charge in [-0.05, 0) is 43.3 Å². The molecule has 3 amide bonds. The molecule has 0 saturated heterocycles. The normalized spacial score (nSPS) is 10.3. The van der Waals surface area contributed by atoms with Crippen LogP contribution in [0.4, 0.5) is 16.2 Å². The topological polar surface area (TPSA) is 96.3 Å². The zero-order chi connectivity index (χ0) is 17.6. The standard InChI is InChI=1S/C17H16N4O3S/c1-11-18-10-15(25-11)16(22)20-12-4-6-13(7-5-12)21-17(23)19-9-14-3-2-8-24-14/h2-8,10H,9H2,1H3,(H,20,22)(H2,19,21,23). The smallest absolute Gasteiger partial charge is 0.319 e. The molecule has 0 bridgehead atoms. The minimum Gasteiger partial charge on any atom is -0.467 e. The number of hydrogen-bond acceptors (Lipinski definition) is 5. The van der Waals surface area contributed by atoms with Crippen LogP contribution < -0.4 is 16.0 Å². The maximum atomic E-state index is 12.1. The van der Waals surface area contributed by atoms with E-state index >= 15 is 0 Å². The number of thiazole rings is 1. The van der Waals surface area contributed by atoms with Gasteiger partial charge in [0.15, 0.2) is 0 Å². The predicted molar refractivity (Wildman–Crippen MR) is 95.8 cm³/mol. The summed E-state index contributed by atoms with van der Waals surface area (Å²) in [5, 5.41) is 9.02. The van der Waals surface area contributed by atoms with Crippen molar-refractivity contribution in [2.75, 3.05) is 10.6 Å². The Kier molecular flexibility index (Phi) is 5.10.